The van der Waals surface area contributed by atoms with Crippen molar-refractivity contribution in [3.05, 3.63) is 70.5 Å². The molecule has 1 nitrogen and oxygen atoms in total. The standard InChI is InChI=1S/C14H9F3O/c1-8-2-3-9(6-12(8)16)14(18)10-4-5-11(15)13(17)7-10/h2-7H,1H3. The molecule has 0 saturated carbocycles. The number of rotatable bonds is 2. The third kappa shape index (κ3) is 2.27. The zero-order chi connectivity index (χ0) is 13.3. The molecule has 2 rings (SSSR count). The number of ketones is 1. The second-order valence-corrected chi connectivity index (χ2v) is 3.92. The van der Waals surface area contributed by atoms with Crippen LogP contribution in [0.1, 0.15) is 21.5 Å². The summed E-state index contributed by atoms with van der Waals surface area (Å²) in [4.78, 5) is 11.9. The van der Waals surface area contributed by atoms with E-state index in [9.17, 15) is 18.0 Å². The quantitative estimate of drug-likeness (QED) is 0.743. The van der Waals surface area contributed by atoms with Crippen LogP contribution in [0.25, 0.3) is 0 Å². The smallest absolute Gasteiger partial charge is 0.193 e. The van der Waals surface area contributed by atoms with E-state index in [2.05, 4.69) is 0 Å². The first-order chi connectivity index (χ1) is 8.49. The predicted octanol–water partition coefficient (Wildman–Crippen LogP) is 3.64. The molecule has 18 heavy (non-hydrogen) atoms. The van der Waals surface area contributed by atoms with E-state index in [0.717, 1.165) is 18.2 Å². The van der Waals surface area contributed by atoms with Gasteiger partial charge in [-0.3, -0.25) is 4.79 Å². The topological polar surface area (TPSA) is 17.1 Å². The summed E-state index contributed by atoms with van der Waals surface area (Å²) in [7, 11) is 0. The maximum absolute atomic E-state index is 13.3. The van der Waals surface area contributed by atoms with Crippen LogP contribution in [-0.2, 0) is 0 Å². The number of carbonyl (C=O) groups excluding carboxylic acids is 1. The van der Waals surface area contributed by atoms with E-state index in [1.54, 1.807) is 6.92 Å². The third-order valence-corrected chi connectivity index (χ3v) is 2.62. The van der Waals surface area contributed by atoms with Gasteiger partial charge >= 0.3 is 0 Å². The van der Waals surface area contributed by atoms with Crippen molar-refractivity contribution in [3.8, 4) is 0 Å². The maximum Gasteiger partial charge on any atom is 0.193 e. The van der Waals surface area contributed by atoms with Gasteiger partial charge < -0.3 is 0 Å². The lowest BCUT2D eigenvalue weighted by Crippen LogP contribution is -2.03. The number of hydrogen-bond donors (Lipinski definition) is 0. The minimum Gasteiger partial charge on any atom is -0.289 e. The Hall–Kier alpha value is -2.10. The van der Waals surface area contributed by atoms with E-state index in [-0.39, 0.29) is 11.1 Å². The fourth-order valence-corrected chi connectivity index (χ4v) is 1.54. The van der Waals surface area contributed by atoms with Gasteiger partial charge in [-0.2, -0.15) is 0 Å². The normalized spacial score (nSPS) is 10.4. The van der Waals surface area contributed by atoms with Crippen LogP contribution in [0.3, 0.4) is 0 Å². The van der Waals surface area contributed by atoms with Gasteiger partial charge in [-0.15, -0.1) is 0 Å². The highest BCUT2D eigenvalue weighted by Gasteiger charge is 2.13. The monoisotopic (exact) mass is 250 g/mol. The van der Waals surface area contributed by atoms with Crippen LogP contribution in [0.15, 0.2) is 36.4 Å². The number of aryl methyl sites for hydroxylation is 1. The van der Waals surface area contributed by atoms with Crippen molar-refractivity contribution in [2.75, 3.05) is 0 Å². The van der Waals surface area contributed by atoms with Crippen LogP contribution in [-0.4, -0.2) is 5.78 Å². The lowest BCUT2D eigenvalue weighted by Gasteiger charge is -2.03. The fraction of sp³-hybridized carbons (Fsp3) is 0.0714. The molecule has 0 spiro atoms. The van der Waals surface area contributed by atoms with Crippen LogP contribution >= 0.6 is 0 Å². The number of halogens is 3. The molecule has 0 aliphatic heterocycles. The molecular formula is C14H9F3O. The van der Waals surface area contributed by atoms with Crippen LogP contribution in [0.5, 0.6) is 0 Å². The molecule has 0 aliphatic carbocycles. The second kappa shape index (κ2) is 4.64. The average Bonchev–Trinajstić information content (AvgIpc) is 2.35. The number of carbonyl (C=O) groups is 1. The predicted molar refractivity (Wildman–Crippen MR) is 60.9 cm³/mol. The molecule has 4 heteroatoms. The van der Waals surface area contributed by atoms with Crippen molar-refractivity contribution >= 4 is 5.78 Å². The number of hydrogen-bond acceptors (Lipinski definition) is 1. The Morgan fingerprint density at radius 1 is 0.833 bits per heavy atom. The van der Waals surface area contributed by atoms with Gasteiger partial charge in [0.2, 0.25) is 0 Å². The van der Waals surface area contributed by atoms with Crippen molar-refractivity contribution in [2.24, 2.45) is 0 Å². The summed E-state index contributed by atoms with van der Waals surface area (Å²) in [6.07, 6.45) is 0. The van der Waals surface area contributed by atoms with Gasteiger partial charge in [0.1, 0.15) is 5.82 Å². The van der Waals surface area contributed by atoms with Crippen LogP contribution in [0.4, 0.5) is 13.2 Å². The highest BCUT2D eigenvalue weighted by Crippen LogP contribution is 2.16. The van der Waals surface area contributed by atoms with Crippen LogP contribution in [0.2, 0.25) is 0 Å². The van der Waals surface area contributed by atoms with Crippen LogP contribution in [0, 0.1) is 24.4 Å². The molecule has 92 valence electrons. The van der Waals surface area contributed by atoms with Crippen LogP contribution < -0.4 is 0 Å². The molecule has 0 N–H and O–H groups in total. The molecule has 0 heterocycles. The van der Waals surface area contributed by atoms with E-state index in [1.165, 1.54) is 18.2 Å². The molecular weight excluding hydrogens is 241 g/mol. The average molecular weight is 250 g/mol. The first kappa shape index (κ1) is 12.4. The molecule has 0 bridgehead atoms. The number of benzene rings is 2. The molecule has 0 radical (unpaired) electrons. The van der Waals surface area contributed by atoms with E-state index >= 15 is 0 Å². The molecule has 0 aromatic heterocycles. The largest absolute Gasteiger partial charge is 0.289 e. The fourth-order valence-electron chi connectivity index (χ4n) is 1.54. The Morgan fingerprint density at radius 2 is 1.39 bits per heavy atom. The van der Waals surface area contributed by atoms with Gasteiger partial charge in [-0.25, -0.2) is 13.2 Å². The Balaban J connectivity index is 2.41. The molecule has 0 amide bonds. The van der Waals surface area contributed by atoms with Gasteiger partial charge in [0.15, 0.2) is 17.4 Å². The summed E-state index contributed by atoms with van der Waals surface area (Å²) in [6, 6.07) is 6.82. The summed E-state index contributed by atoms with van der Waals surface area (Å²) in [5.74, 6) is -3.19. The summed E-state index contributed by atoms with van der Waals surface area (Å²) in [5, 5.41) is 0. The molecule has 0 aliphatic rings. The zero-order valence-electron chi connectivity index (χ0n) is 9.51. The van der Waals surface area contributed by atoms with Crippen molar-refractivity contribution in [1.82, 2.24) is 0 Å². The summed E-state index contributed by atoms with van der Waals surface area (Å²) >= 11 is 0. The lowest BCUT2D eigenvalue weighted by atomic mass is 10.0. The minimum absolute atomic E-state index is 0.0165. The molecule has 0 unspecified atom stereocenters. The van der Waals surface area contributed by atoms with E-state index in [0.29, 0.717) is 5.56 Å². The first-order valence-corrected chi connectivity index (χ1v) is 5.25. The Bertz CT molecular complexity index is 567. The van der Waals surface area contributed by atoms with Gasteiger partial charge in [0, 0.05) is 11.1 Å². The molecule has 0 fully saturated rings. The highest BCUT2D eigenvalue weighted by molar-refractivity contribution is 6.09. The SMILES string of the molecule is Cc1ccc(C(=O)c2ccc(F)c(F)c2)cc1F. The second-order valence-electron chi connectivity index (χ2n) is 3.92. The first-order valence-electron chi connectivity index (χ1n) is 5.25. The summed E-state index contributed by atoms with van der Waals surface area (Å²) in [6.45, 7) is 1.57. The van der Waals surface area contributed by atoms with Crippen molar-refractivity contribution in [1.29, 1.82) is 0 Å². The minimum atomic E-state index is -1.10. The van der Waals surface area contributed by atoms with E-state index in [4.69, 9.17) is 0 Å². The lowest BCUT2D eigenvalue weighted by molar-refractivity contribution is 0.103. The van der Waals surface area contributed by atoms with Gasteiger partial charge in [-0.05, 0) is 36.8 Å². The molecule has 2 aromatic carbocycles. The third-order valence-electron chi connectivity index (χ3n) is 2.62. The van der Waals surface area contributed by atoms with Crippen molar-refractivity contribution < 1.29 is 18.0 Å². The Kier molecular flexibility index (Phi) is 3.19. The van der Waals surface area contributed by atoms with Gasteiger partial charge in [-0.1, -0.05) is 12.1 Å². The summed E-state index contributed by atoms with van der Waals surface area (Å²) in [5.41, 5.74) is 0.498. The Morgan fingerprint density at radius 3 is 1.94 bits per heavy atom. The van der Waals surface area contributed by atoms with Crippen molar-refractivity contribution in [2.45, 2.75) is 6.92 Å². The van der Waals surface area contributed by atoms with E-state index in [1.807, 2.05) is 0 Å². The van der Waals surface area contributed by atoms with E-state index < -0.39 is 23.2 Å². The maximum atomic E-state index is 13.3. The van der Waals surface area contributed by atoms with Crippen molar-refractivity contribution in [3.63, 3.8) is 0 Å². The zero-order valence-corrected chi connectivity index (χ0v) is 9.51. The summed E-state index contributed by atoms with van der Waals surface area (Å²) < 4.78 is 39.0. The molecule has 2 aromatic rings. The molecule has 0 atom stereocenters. The Labute approximate surface area is 102 Å². The van der Waals surface area contributed by atoms with Gasteiger partial charge in [0.05, 0.1) is 0 Å². The highest BCUT2D eigenvalue weighted by atomic mass is 19.2. The molecule has 0 saturated heterocycles. The van der Waals surface area contributed by atoms with Gasteiger partial charge in [0.25, 0.3) is 0 Å².